The average Bonchev–Trinajstić information content (AvgIpc) is 3.10. The Morgan fingerprint density at radius 3 is 2.94 bits per heavy atom. The van der Waals surface area contributed by atoms with E-state index in [0.717, 1.165) is 11.3 Å². The number of aliphatic carboxylic acids is 1. The highest BCUT2D eigenvalue weighted by atomic mass is 32.2. The van der Waals surface area contributed by atoms with Crippen molar-refractivity contribution in [1.82, 2.24) is 9.55 Å². The molecule has 1 heterocycles. The number of aromatic nitrogens is 2. The second-order valence-electron chi connectivity index (χ2n) is 4.50. The molecule has 1 saturated carbocycles. The molecule has 18 heavy (non-hydrogen) atoms. The number of carboxylic acid groups (broad SMARTS) is 1. The zero-order chi connectivity index (χ0) is 12.5. The van der Waals surface area contributed by atoms with Gasteiger partial charge in [-0.05, 0) is 25.0 Å². The van der Waals surface area contributed by atoms with Crippen LogP contribution in [0.25, 0.3) is 11.0 Å². The molecule has 3 rings (SSSR count). The number of carboxylic acids is 1. The standard InChI is InChI=1S/C13H14N2O2S/c16-13(17)8-18-7-12-14-10-3-1-2-4-11(10)15(12)9-5-6-9/h1-4,9H,5-8H2,(H,16,17). The van der Waals surface area contributed by atoms with Crippen LogP contribution in [0.15, 0.2) is 24.3 Å². The Bertz CT molecular complexity index is 590. The molecule has 1 aliphatic rings. The van der Waals surface area contributed by atoms with E-state index in [4.69, 9.17) is 5.11 Å². The highest BCUT2D eigenvalue weighted by Crippen LogP contribution is 2.39. The van der Waals surface area contributed by atoms with Gasteiger partial charge in [-0.25, -0.2) is 4.98 Å². The molecule has 0 bridgehead atoms. The molecule has 5 heteroatoms. The second-order valence-corrected chi connectivity index (χ2v) is 5.49. The van der Waals surface area contributed by atoms with Crippen LogP contribution in [-0.2, 0) is 10.5 Å². The lowest BCUT2D eigenvalue weighted by Crippen LogP contribution is -2.03. The average molecular weight is 262 g/mol. The van der Waals surface area contributed by atoms with E-state index in [1.165, 1.54) is 30.1 Å². The summed E-state index contributed by atoms with van der Waals surface area (Å²) in [4.78, 5) is 15.2. The molecule has 0 spiro atoms. The maximum absolute atomic E-state index is 10.5. The first-order chi connectivity index (χ1) is 8.75. The maximum atomic E-state index is 10.5. The van der Waals surface area contributed by atoms with Crippen molar-refractivity contribution in [3.8, 4) is 0 Å². The number of hydrogen-bond acceptors (Lipinski definition) is 3. The van der Waals surface area contributed by atoms with Crippen molar-refractivity contribution in [2.45, 2.75) is 24.6 Å². The van der Waals surface area contributed by atoms with Crippen molar-refractivity contribution < 1.29 is 9.90 Å². The molecule has 0 atom stereocenters. The molecule has 0 radical (unpaired) electrons. The summed E-state index contributed by atoms with van der Waals surface area (Å²) < 4.78 is 2.28. The molecular formula is C13H14N2O2S. The predicted octanol–water partition coefficient (Wildman–Crippen LogP) is 2.69. The quantitative estimate of drug-likeness (QED) is 0.900. The second kappa shape index (κ2) is 4.65. The number of carbonyl (C=O) groups is 1. The van der Waals surface area contributed by atoms with Crippen LogP contribution in [-0.4, -0.2) is 26.4 Å². The first-order valence-corrected chi connectivity index (χ1v) is 7.16. The van der Waals surface area contributed by atoms with Gasteiger partial charge < -0.3 is 9.67 Å². The third kappa shape index (κ3) is 2.22. The van der Waals surface area contributed by atoms with Crippen molar-refractivity contribution in [1.29, 1.82) is 0 Å². The molecule has 0 unspecified atom stereocenters. The number of imidazole rings is 1. The third-order valence-electron chi connectivity index (χ3n) is 3.04. The summed E-state index contributed by atoms with van der Waals surface area (Å²) >= 11 is 1.41. The normalized spacial score (nSPS) is 15.1. The largest absolute Gasteiger partial charge is 0.481 e. The number of rotatable bonds is 5. The van der Waals surface area contributed by atoms with Gasteiger partial charge in [0, 0.05) is 6.04 Å². The Morgan fingerprint density at radius 2 is 2.22 bits per heavy atom. The van der Waals surface area contributed by atoms with Crippen LogP contribution in [0, 0.1) is 0 Å². The SMILES string of the molecule is O=C(O)CSCc1nc2ccccc2n1C1CC1. The van der Waals surface area contributed by atoms with Crippen LogP contribution in [0.5, 0.6) is 0 Å². The molecule has 0 aliphatic heterocycles. The summed E-state index contributed by atoms with van der Waals surface area (Å²) in [6.45, 7) is 0. The molecule has 1 aromatic heterocycles. The summed E-state index contributed by atoms with van der Waals surface area (Å²) in [6.07, 6.45) is 2.41. The van der Waals surface area contributed by atoms with Crippen molar-refractivity contribution in [3.63, 3.8) is 0 Å². The zero-order valence-electron chi connectivity index (χ0n) is 9.87. The Hall–Kier alpha value is -1.49. The van der Waals surface area contributed by atoms with Crippen molar-refractivity contribution in [2.24, 2.45) is 0 Å². The van der Waals surface area contributed by atoms with Crippen LogP contribution in [0.2, 0.25) is 0 Å². The first-order valence-electron chi connectivity index (χ1n) is 6.01. The van der Waals surface area contributed by atoms with E-state index in [1.54, 1.807) is 0 Å². The minimum absolute atomic E-state index is 0.133. The van der Waals surface area contributed by atoms with Gasteiger partial charge in [0.25, 0.3) is 0 Å². The zero-order valence-corrected chi connectivity index (χ0v) is 10.7. The van der Waals surface area contributed by atoms with Crippen molar-refractivity contribution in [2.75, 3.05) is 5.75 Å². The number of hydrogen-bond donors (Lipinski definition) is 1. The van der Waals surface area contributed by atoms with E-state index in [9.17, 15) is 4.79 Å². The molecular weight excluding hydrogens is 248 g/mol. The number of thioether (sulfide) groups is 1. The lowest BCUT2D eigenvalue weighted by Gasteiger charge is -2.06. The van der Waals surface area contributed by atoms with Crippen molar-refractivity contribution >= 4 is 28.8 Å². The molecule has 2 aromatic rings. The molecule has 94 valence electrons. The van der Waals surface area contributed by atoms with Gasteiger partial charge in [-0.2, -0.15) is 0 Å². The summed E-state index contributed by atoms with van der Waals surface area (Å²) in [7, 11) is 0. The van der Waals surface area contributed by atoms with Gasteiger partial charge in [-0.1, -0.05) is 12.1 Å². The van der Waals surface area contributed by atoms with E-state index in [1.807, 2.05) is 18.2 Å². The molecule has 1 aromatic carbocycles. The fraction of sp³-hybridized carbons (Fsp3) is 0.385. The maximum Gasteiger partial charge on any atom is 0.313 e. The number of nitrogens with zero attached hydrogens (tertiary/aromatic N) is 2. The summed E-state index contributed by atoms with van der Waals surface area (Å²) in [5, 5.41) is 8.67. The smallest absolute Gasteiger partial charge is 0.313 e. The topological polar surface area (TPSA) is 55.1 Å². The van der Waals surface area contributed by atoms with Gasteiger partial charge >= 0.3 is 5.97 Å². The minimum atomic E-state index is -0.769. The Balaban J connectivity index is 1.90. The molecule has 1 fully saturated rings. The summed E-state index contributed by atoms with van der Waals surface area (Å²) in [5.74, 6) is 1.03. The van der Waals surface area contributed by atoms with E-state index >= 15 is 0 Å². The fourth-order valence-electron chi connectivity index (χ4n) is 2.17. The van der Waals surface area contributed by atoms with E-state index in [2.05, 4.69) is 15.6 Å². The molecule has 0 amide bonds. The Morgan fingerprint density at radius 1 is 1.44 bits per heavy atom. The van der Waals surface area contributed by atoms with Gasteiger partial charge in [0.15, 0.2) is 0 Å². The van der Waals surface area contributed by atoms with Gasteiger partial charge in [-0.3, -0.25) is 4.79 Å². The highest BCUT2D eigenvalue weighted by molar-refractivity contribution is 7.99. The van der Waals surface area contributed by atoms with E-state index in [-0.39, 0.29) is 5.75 Å². The predicted molar refractivity (Wildman–Crippen MR) is 71.8 cm³/mol. The summed E-state index contributed by atoms with van der Waals surface area (Å²) in [5.41, 5.74) is 2.18. The van der Waals surface area contributed by atoms with Crippen LogP contribution >= 0.6 is 11.8 Å². The van der Waals surface area contributed by atoms with Gasteiger partial charge in [0.1, 0.15) is 5.82 Å². The van der Waals surface area contributed by atoms with Crippen LogP contribution < -0.4 is 0 Å². The first kappa shape index (κ1) is 11.6. The Labute approximate surface area is 109 Å². The minimum Gasteiger partial charge on any atom is -0.481 e. The fourth-order valence-corrected chi connectivity index (χ4v) is 2.83. The molecule has 0 saturated heterocycles. The van der Waals surface area contributed by atoms with E-state index in [0.29, 0.717) is 11.8 Å². The lowest BCUT2D eigenvalue weighted by molar-refractivity contribution is -0.133. The molecule has 1 aliphatic carbocycles. The summed E-state index contributed by atoms with van der Waals surface area (Å²) in [6, 6.07) is 8.68. The van der Waals surface area contributed by atoms with E-state index < -0.39 is 5.97 Å². The lowest BCUT2D eigenvalue weighted by atomic mass is 10.3. The van der Waals surface area contributed by atoms with Crippen LogP contribution in [0.1, 0.15) is 24.7 Å². The number of fused-ring (bicyclic) bond motifs is 1. The Kier molecular flexibility index (Phi) is 2.99. The molecule has 4 nitrogen and oxygen atoms in total. The third-order valence-corrected chi connectivity index (χ3v) is 3.95. The van der Waals surface area contributed by atoms with Gasteiger partial charge in [0.2, 0.25) is 0 Å². The highest BCUT2D eigenvalue weighted by Gasteiger charge is 2.27. The van der Waals surface area contributed by atoms with Crippen molar-refractivity contribution in [3.05, 3.63) is 30.1 Å². The van der Waals surface area contributed by atoms with Gasteiger partial charge in [0.05, 0.1) is 22.5 Å². The monoisotopic (exact) mass is 262 g/mol. The number of benzene rings is 1. The van der Waals surface area contributed by atoms with Crippen LogP contribution in [0.4, 0.5) is 0 Å². The van der Waals surface area contributed by atoms with Gasteiger partial charge in [-0.15, -0.1) is 11.8 Å². The van der Waals surface area contributed by atoms with Crippen LogP contribution in [0.3, 0.4) is 0 Å². The number of para-hydroxylation sites is 2. The molecule has 1 N–H and O–H groups in total.